The van der Waals surface area contributed by atoms with Gasteiger partial charge in [-0.25, -0.2) is 4.98 Å². The number of hydrogen-bond acceptors (Lipinski definition) is 4. The topological polar surface area (TPSA) is 50.2 Å². The first-order valence-electron chi connectivity index (χ1n) is 8.86. The average Bonchev–Trinajstić information content (AvgIpc) is 2.97. The van der Waals surface area contributed by atoms with Gasteiger partial charge in [0, 0.05) is 12.2 Å². The minimum Gasteiger partial charge on any atom is -0.325 e. The minimum atomic E-state index is -2.60. The molecule has 0 aliphatic carbocycles. The van der Waals surface area contributed by atoms with Crippen LogP contribution in [0.4, 0.5) is 14.5 Å². The van der Waals surface area contributed by atoms with Crippen LogP contribution in [0.2, 0.25) is 0 Å². The number of carbonyl (C=O) groups excluding carboxylic acids is 1. The van der Waals surface area contributed by atoms with Gasteiger partial charge in [-0.1, -0.05) is 24.3 Å². The van der Waals surface area contributed by atoms with E-state index in [4.69, 9.17) is 0 Å². The molecule has 0 unspecified atom stereocenters. The predicted molar refractivity (Wildman–Crippen MR) is 109 cm³/mol. The molecule has 0 radical (unpaired) electrons. The van der Waals surface area contributed by atoms with Gasteiger partial charge in [0.2, 0.25) is 5.91 Å². The molecule has 1 N–H and O–H groups in total. The summed E-state index contributed by atoms with van der Waals surface area (Å²) in [6.45, 7) is 0.863. The third-order valence-electron chi connectivity index (χ3n) is 4.20. The molecule has 0 bridgehead atoms. The van der Waals surface area contributed by atoms with E-state index in [2.05, 4.69) is 15.2 Å². The lowest BCUT2D eigenvalue weighted by molar-refractivity contribution is -0.116. The van der Waals surface area contributed by atoms with Gasteiger partial charge < -0.3 is 14.8 Å². The lowest BCUT2D eigenvalue weighted by atomic mass is 10.1. The number of benzene rings is 2. The Kier molecular flexibility index (Phi) is 6.64. The Labute approximate surface area is 166 Å². The third-order valence-corrected chi connectivity index (χ3v) is 4.90. The number of carbonyl (C=O) groups is 1. The summed E-state index contributed by atoms with van der Waals surface area (Å²) in [6, 6.07) is 14.7. The Morgan fingerprint density at radius 3 is 2.57 bits per heavy atom. The molecular formula is C20H22F2N4OS. The zero-order chi connectivity index (χ0) is 20.1. The van der Waals surface area contributed by atoms with E-state index >= 15 is 0 Å². The van der Waals surface area contributed by atoms with Crippen molar-refractivity contribution in [3.05, 3.63) is 54.1 Å². The first-order chi connectivity index (χ1) is 13.4. The molecule has 0 aliphatic heterocycles. The van der Waals surface area contributed by atoms with Crippen LogP contribution >= 0.6 is 11.8 Å². The molecule has 1 aromatic heterocycles. The lowest BCUT2D eigenvalue weighted by Crippen LogP contribution is -2.19. The lowest BCUT2D eigenvalue weighted by Gasteiger charge is -2.11. The van der Waals surface area contributed by atoms with Gasteiger partial charge in [0.05, 0.1) is 11.0 Å². The number of fused-ring (bicyclic) bond motifs is 1. The van der Waals surface area contributed by atoms with E-state index in [0.29, 0.717) is 28.5 Å². The number of imidazole rings is 1. The number of amides is 1. The van der Waals surface area contributed by atoms with E-state index < -0.39 is 5.76 Å². The Hall–Kier alpha value is -2.45. The van der Waals surface area contributed by atoms with E-state index in [1.165, 1.54) is 10.1 Å². The van der Waals surface area contributed by atoms with E-state index in [9.17, 15) is 13.6 Å². The van der Waals surface area contributed by atoms with Crippen LogP contribution in [0, 0.1) is 0 Å². The SMILES string of the molecule is CN(C)CCc1ccc(NC(=O)Cn2c(SC(F)F)nc3ccccc32)cc1. The van der Waals surface area contributed by atoms with E-state index in [1.807, 2.05) is 38.4 Å². The quantitative estimate of drug-likeness (QED) is 0.575. The van der Waals surface area contributed by atoms with Crippen molar-refractivity contribution in [3.8, 4) is 0 Å². The van der Waals surface area contributed by atoms with Gasteiger partial charge >= 0.3 is 0 Å². The Bertz CT molecular complexity index is 941. The summed E-state index contributed by atoms with van der Waals surface area (Å²) in [5.74, 6) is -2.89. The molecule has 0 atom stereocenters. The fourth-order valence-electron chi connectivity index (χ4n) is 2.83. The summed E-state index contributed by atoms with van der Waals surface area (Å²) in [5, 5.41) is 2.95. The molecule has 5 nitrogen and oxygen atoms in total. The van der Waals surface area contributed by atoms with Gasteiger partial charge in [-0.05, 0) is 62.1 Å². The van der Waals surface area contributed by atoms with E-state index in [1.54, 1.807) is 24.3 Å². The van der Waals surface area contributed by atoms with E-state index in [-0.39, 0.29) is 17.6 Å². The van der Waals surface area contributed by atoms with Crippen molar-refractivity contribution in [3.63, 3.8) is 0 Å². The van der Waals surface area contributed by atoms with Crippen molar-refractivity contribution in [2.24, 2.45) is 0 Å². The Morgan fingerprint density at radius 2 is 1.89 bits per heavy atom. The molecule has 0 saturated heterocycles. The zero-order valence-corrected chi connectivity index (χ0v) is 16.5. The zero-order valence-electron chi connectivity index (χ0n) is 15.7. The van der Waals surface area contributed by atoms with Crippen LogP contribution in [0.25, 0.3) is 11.0 Å². The number of nitrogens with one attached hydrogen (secondary N) is 1. The largest absolute Gasteiger partial charge is 0.325 e. The van der Waals surface area contributed by atoms with Gasteiger partial charge in [-0.3, -0.25) is 4.79 Å². The predicted octanol–water partition coefficient (Wildman–Crippen LogP) is 4.09. The molecule has 0 aliphatic rings. The minimum absolute atomic E-state index is 0.0854. The Balaban J connectivity index is 1.71. The van der Waals surface area contributed by atoms with Crippen LogP contribution in [-0.2, 0) is 17.8 Å². The molecule has 8 heteroatoms. The highest BCUT2D eigenvalue weighted by Gasteiger charge is 2.17. The Morgan fingerprint density at radius 1 is 1.18 bits per heavy atom. The standard InChI is InChI=1S/C20H22F2N4OS/c1-25(2)12-11-14-7-9-15(10-8-14)23-18(27)13-26-17-6-4-3-5-16(17)24-20(26)28-19(21)22/h3-10,19H,11-13H2,1-2H3,(H,23,27). The van der Waals surface area contributed by atoms with Crippen molar-refractivity contribution in [1.82, 2.24) is 14.5 Å². The summed E-state index contributed by atoms with van der Waals surface area (Å²) < 4.78 is 27.3. The maximum atomic E-state index is 12.9. The number of halogens is 2. The van der Waals surface area contributed by atoms with Crippen molar-refractivity contribution in [2.45, 2.75) is 23.9 Å². The molecule has 2 aromatic carbocycles. The maximum Gasteiger partial charge on any atom is 0.291 e. The highest BCUT2D eigenvalue weighted by atomic mass is 32.2. The third kappa shape index (κ3) is 5.30. The second-order valence-electron chi connectivity index (χ2n) is 6.65. The molecule has 0 saturated carbocycles. The number of likely N-dealkylation sites (N-methyl/N-ethyl adjacent to an activating group) is 1. The summed E-state index contributed by atoms with van der Waals surface area (Å²) >= 11 is 0.343. The maximum absolute atomic E-state index is 12.9. The molecule has 28 heavy (non-hydrogen) atoms. The first kappa shape index (κ1) is 20.3. The van der Waals surface area contributed by atoms with Crippen LogP contribution in [0.1, 0.15) is 5.56 Å². The van der Waals surface area contributed by atoms with Crippen LogP contribution in [0.15, 0.2) is 53.7 Å². The smallest absolute Gasteiger partial charge is 0.291 e. The number of alkyl halides is 2. The van der Waals surface area contributed by atoms with Crippen molar-refractivity contribution in [2.75, 3.05) is 26.0 Å². The first-order valence-corrected chi connectivity index (χ1v) is 9.74. The molecule has 3 aromatic rings. The number of hydrogen-bond donors (Lipinski definition) is 1. The number of thioether (sulfide) groups is 1. The highest BCUT2D eigenvalue weighted by Crippen LogP contribution is 2.28. The van der Waals surface area contributed by atoms with Crippen molar-refractivity contribution < 1.29 is 13.6 Å². The molecule has 0 spiro atoms. The van der Waals surface area contributed by atoms with Crippen LogP contribution in [0.3, 0.4) is 0 Å². The van der Waals surface area contributed by atoms with Crippen LogP contribution in [-0.4, -0.2) is 46.8 Å². The number of anilines is 1. The highest BCUT2D eigenvalue weighted by molar-refractivity contribution is 7.99. The van der Waals surface area contributed by atoms with Gasteiger partial charge in [-0.15, -0.1) is 0 Å². The van der Waals surface area contributed by atoms with E-state index in [0.717, 1.165) is 13.0 Å². The van der Waals surface area contributed by atoms with Gasteiger partial charge in [0.15, 0.2) is 5.16 Å². The van der Waals surface area contributed by atoms with Gasteiger partial charge in [0.25, 0.3) is 5.76 Å². The average molecular weight is 404 g/mol. The molecule has 148 valence electrons. The number of para-hydroxylation sites is 2. The second kappa shape index (κ2) is 9.16. The van der Waals surface area contributed by atoms with Gasteiger partial charge in [-0.2, -0.15) is 8.78 Å². The molecule has 1 amide bonds. The van der Waals surface area contributed by atoms with Crippen LogP contribution in [0.5, 0.6) is 0 Å². The van der Waals surface area contributed by atoms with Gasteiger partial charge in [0.1, 0.15) is 6.54 Å². The second-order valence-corrected chi connectivity index (χ2v) is 7.60. The number of aromatic nitrogens is 2. The summed E-state index contributed by atoms with van der Waals surface area (Å²) in [4.78, 5) is 18.8. The summed E-state index contributed by atoms with van der Waals surface area (Å²) in [6.07, 6.45) is 0.927. The van der Waals surface area contributed by atoms with Crippen LogP contribution < -0.4 is 5.32 Å². The summed E-state index contributed by atoms with van der Waals surface area (Å²) in [7, 11) is 4.05. The summed E-state index contributed by atoms with van der Waals surface area (Å²) in [5.41, 5.74) is 3.09. The normalized spacial score (nSPS) is 11.5. The monoisotopic (exact) mass is 404 g/mol. The molecular weight excluding hydrogens is 382 g/mol. The molecule has 1 heterocycles. The fraction of sp³-hybridized carbons (Fsp3) is 0.300. The molecule has 0 fully saturated rings. The number of rotatable bonds is 8. The fourth-order valence-corrected chi connectivity index (χ4v) is 3.43. The van der Waals surface area contributed by atoms with Crippen molar-refractivity contribution >= 4 is 34.4 Å². The molecule has 3 rings (SSSR count). The number of nitrogens with zero attached hydrogens (tertiary/aromatic N) is 3. The van der Waals surface area contributed by atoms with Crippen molar-refractivity contribution in [1.29, 1.82) is 0 Å².